The maximum absolute atomic E-state index is 8.25. The highest BCUT2D eigenvalue weighted by molar-refractivity contribution is 5.05. The molecular formula is C9H12N2O. The van der Waals surface area contributed by atoms with Crippen LogP contribution in [0.3, 0.4) is 0 Å². The Kier molecular flexibility index (Phi) is 3.36. The molecule has 0 unspecified atom stereocenters. The second-order valence-corrected chi connectivity index (χ2v) is 2.60. The van der Waals surface area contributed by atoms with Crippen LogP contribution >= 0.6 is 0 Å². The van der Waals surface area contributed by atoms with Gasteiger partial charge in [-0.25, -0.2) is 0 Å². The SMILES string of the molecule is Cc1ccc(CNCCC#N)o1. The molecule has 0 aromatic carbocycles. The predicted molar refractivity (Wildman–Crippen MR) is 45.4 cm³/mol. The number of aryl methyl sites for hydroxylation is 1. The normalized spacial score (nSPS) is 9.67. The summed E-state index contributed by atoms with van der Waals surface area (Å²) in [4.78, 5) is 0. The molecule has 64 valence electrons. The van der Waals surface area contributed by atoms with Crippen molar-refractivity contribution in [1.29, 1.82) is 5.26 Å². The van der Waals surface area contributed by atoms with Gasteiger partial charge < -0.3 is 9.73 Å². The molecular weight excluding hydrogens is 152 g/mol. The van der Waals surface area contributed by atoms with Crippen molar-refractivity contribution < 1.29 is 4.42 Å². The summed E-state index contributed by atoms with van der Waals surface area (Å²) in [7, 11) is 0. The molecule has 3 heteroatoms. The van der Waals surface area contributed by atoms with Gasteiger partial charge in [-0.05, 0) is 19.1 Å². The van der Waals surface area contributed by atoms with E-state index in [2.05, 4.69) is 11.4 Å². The maximum Gasteiger partial charge on any atom is 0.117 e. The van der Waals surface area contributed by atoms with Crippen LogP contribution < -0.4 is 5.32 Å². The van der Waals surface area contributed by atoms with Crippen LogP contribution in [0.25, 0.3) is 0 Å². The van der Waals surface area contributed by atoms with Crippen LogP contribution in [-0.4, -0.2) is 6.54 Å². The lowest BCUT2D eigenvalue weighted by Gasteiger charge is -1.97. The summed E-state index contributed by atoms with van der Waals surface area (Å²) in [6.45, 7) is 3.34. The van der Waals surface area contributed by atoms with Crippen LogP contribution in [0.15, 0.2) is 16.5 Å². The van der Waals surface area contributed by atoms with Gasteiger partial charge in [0.15, 0.2) is 0 Å². The van der Waals surface area contributed by atoms with Crippen molar-refractivity contribution in [2.45, 2.75) is 19.9 Å². The van der Waals surface area contributed by atoms with E-state index in [0.29, 0.717) is 13.0 Å². The fourth-order valence-corrected chi connectivity index (χ4v) is 0.936. The highest BCUT2D eigenvalue weighted by atomic mass is 16.3. The van der Waals surface area contributed by atoms with Crippen molar-refractivity contribution in [3.63, 3.8) is 0 Å². The fraction of sp³-hybridized carbons (Fsp3) is 0.444. The van der Waals surface area contributed by atoms with Crippen LogP contribution in [0.2, 0.25) is 0 Å². The molecule has 0 fully saturated rings. The van der Waals surface area contributed by atoms with Gasteiger partial charge in [0.1, 0.15) is 11.5 Å². The summed E-state index contributed by atoms with van der Waals surface area (Å²) in [5, 5.41) is 11.4. The first-order valence-corrected chi connectivity index (χ1v) is 3.96. The molecule has 1 aromatic heterocycles. The number of nitrogens with zero attached hydrogens (tertiary/aromatic N) is 1. The standard InChI is InChI=1S/C9H12N2O/c1-8-3-4-9(12-8)7-11-6-2-5-10/h3-4,11H,2,6-7H2,1H3. The van der Waals surface area contributed by atoms with E-state index in [1.807, 2.05) is 19.1 Å². The van der Waals surface area contributed by atoms with Crippen molar-refractivity contribution >= 4 is 0 Å². The zero-order chi connectivity index (χ0) is 8.81. The van der Waals surface area contributed by atoms with E-state index in [9.17, 15) is 0 Å². The second-order valence-electron chi connectivity index (χ2n) is 2.60. The highest BCUT2D eigenvalue weighted by Crippen LogP contribution is 2.04. The lowest BCUT2D eigenvalue weighted by atomic mass is 10.4. The van der Waals surface area contributed by atoms with Crippen molar-refractivity contribution in [2.24, 2.45) is 0 Å². The number of furan rings is 1. The minimum Gasteiger partial charge on any atom is -0.465 e. The van der Waals surface area contributed by atoms with Gasteiger partial charge in [-0.3, -0.25) is 0 Å². The molecule has 0 radical (unpaired) electrons. The average Bonchev–Trinajstić information content (AvgIpc) is 2.45. The molecule has 0 amide bonds. The maximum atomic E-state index is 8.25. The molecule has 0 saturated heterocycles. The Morgan fingerprint density at radius 3 is 3.00 bits per heavy atom. The molecule has 1 aromatic rings. The molecule has 1 heterocycles. The Bertz CT molecular complexity index is 272. The summed E-state index contributed by atoms with van der Waals surface area (Å²) in [5.41, 5.74) is 0. The quantitative estimate of drug-likeness (QED) is 0.687. The van der Waals surface area contributed by atoms with Crippen molar-refractivity contribution in [3.05, 3.63) is 23.7 Å². The molecule has 0 bridgehead atoms. The summed E-state index contributed by atoms with van der Waals surface area (Å²) < 4.78 is 5.32. The molecule has 3 nitrogen and oxygen atoms in total. The number of nitriles is 1. The fourth-order valence-electron chi connectivity index (χ4n) is 0.936. The van der Waals surface area contributed by atoms with Crippen LogP contribution in [-0.2, 0) is 6.54 Å². The summed E-state index contributed by atoms with van der Waals surface area (Å²) in [6.07, 6.45) is 0.541. The molecule has 12 heavy (non-hydrogen) atoms. The zero-order valence-electron chi connectivity index (χ0n) is 7.13. The van der Waals surface area contributed by atoms with Gasteiger partial charge in [-0.15, -0.1) is 0 Å². The first-order valence-electron chi connectivity index (χ1n) is 3.96. The zero-order valence-corrected chi connectivity index (χ0v) is 7.13. The predicted octanol–water partition coefficient (Wildman–Crippen LogP) is 1.59. The van der Waals surface area contributed by atoms with E-state index in [0.717, 1.165) is 18.1 Å². The number of nitrogens with one attached hydrogen (secondary N) is 1. The van der Waals surface area contributed by atoms with Crippen molar-refractivity contribution in [3.8, 4) is 6.07 Å². The Hall–Kier alpha value is -1.27. The molecule has 0 aliphatic carbocycles. The van der Waals surface area contributed by atoms with E-state index >= 15 is 0 Å². The molecule has 0 saturated carbocycles. The van der Waals surface area contributed by atoms with Gasteiger partial charge in [-0.1, -0.05) is 0 Å². The highest BCUT2D eigenvalue weighted by Gasteiger charge is 1.96. The van der Waals surface area contributed by atoms with Crippen LogP contribution in [0, 0.1) is 18.3 Å². The molecule has 1 N–H and O–H groups in total. The minimum absolute atomic E-state index is 0.541. The second kappa shape index (κ2) is 4.58. The van der Waals surface area contributed by atoms with Crippen LogP contribution in [0.5, 0.6) is 0 Å². The average molecular weight is 164 g/mol. The lowest BCUT2D eigenvalue weighted by molar-refractivity contribution is 0.463. The number of hydrogen-bond donors (Lipinski definition) is 1. The summed E-state index contributed by atoms with van der Waals surface area (Å²) in [6, 6.07) is 5.94. The number of rotatable bonds is 4. The first kappa shape index (κ1) is 8.82. The van der Waals surface area contributed by atoms with E-state index in [1.54, 1.807) is 0 Å². The molecule has 0 aliphatic rings. The van der Waals surface area contributed by atoms with Crippen LogP contribution in [0.1, 0.15) is 17.9 Å². The van der Waals surface area contributed by atoms with Crippen molar-refractivity contribution in [1.82, 2.24) is 5.32 Å². The van der Waals surface area contributed by atoms with Gasteiger partial charge in [0.05, 0.1) is 12.6 Å². The van der Waals surface area contributed by atoms with Gasteiger partial charge in [0.2, 0.25) is 0 Å². The monoisotopic (exact) mass is 164 g/mol. The van der Waals surface area contributed by atoms with Gasteiger partial charge in [0.25, 0.3) is 0 Å². The Morgan fingerprint density at radius 1 is 1.58 bits per heavy atom. The Morgan fingerprint density at radius 2 is 2.42 bits per heavy atom. The first-order chi connectivity index (χ1) is 5.83. The van der Waals surface area contributed by atoms with Gasteiger partial charge in [0, 0.05) is 13.0 Å². The van der Waals surface area contributed by atoms with E-state index < -0.39 is 0 Å². The molecule has 0 aliphatic heterocycles. The van der Waals surface area contributed by atoms with E-state index in [4.69, 9.17) is 9.68 Å². The summed E-state index contributed by atoms with van der Waals surface area (Å²) >= 11 is 0. The van der Waals surface area contributed by atoms with Crippen LogP contribution in [0.4, 0.5) is 0 Å². The molecule has 0 atom stereocenters. The Balaban J connectivity index is 2.21. The van der Waals surface area contributed by atoms with Crippen molar-refractivity contribution in [2.75, 3.05) is 6.54 Å². The van der Waals surface area contributed by atoms with E-state index in [1.165, 1.54) is 0 Å². The summed E-state index contributed by atoms with van der Waals surface area (Å²) in [5.74, 6) is 1.84. The molecule has 0 spiro atoms. The van der Waals surface area contributed by atoms with Gasteiger partial charge in [-0.2, -0.15) is 5.26 Å². The Labute approximate surface area is 72.0 Å². The number of hydrogen-bond acceptors (Lipinski definition) is 3. The van der Waals surface area contributed by atoms with Gasteiger partial charge >= 0.3 is 0 Å². The third-order valence-corrected chi connectivity index (χ3v) is 1.51. The third-order valence-electron chi connectivity index (χ3n) is 1.51. The largest absolute Gasteiger partial charge is 0.465 e. The smallest absolute Gasteiger partial charge is 0.117 e. The van der Waals surface area contributed by atoms with E-state index in [-0.39, 0.29) is 0 Å². The third kappa shape index (κ3) is 2.77. The lowest BCUT2D eigenvalue weighted by Crippen LogP contribution is -2.13. The minimum atomic E-state index is 0.541. The molecule has 1 rings (SSSR count). The topological polar surface area (TPSA) is 49.0 Å².